The lowest BCUT2D eigenvalue weighted by Crippen LogP contribution is -2.33. The first kappa shape index (κ1) is 20.4. The van der Waals surface area contributed by atoms with Crippen molar-refractivity contribution < 1.29 is 19.2 Å². The largest absolute Gasteiger partial charge is 0.550 e. The number of anilines is 1. The van der Waals surface area contributed by atoms with Gasteiger partial charge in [-0.05, 0) is 55.8 Å². The summed E-state index contributed by atoms with van der Waals surface area (Å²) in [6.07, 6.45) is 5.74. The van der Waals surface area contributed by atoms with Gasteiger partial charge in [-0.1, -0.05) is 29.0 Å². The molecule has 0 aliphatic carbocycles. The van der Waals surface area contributed by atoms with Crippen molar-refractivity contribution in [2.24, 2.45) is 0 Å². The first-order chi connectivity index (χ1) is 14.5. The van der Waals surface area contributed by atoms with Crippen molar-refractivity contribution >= 4 is 50.9 Å². The van der Waals surface area contributed by atoms with Gasteiger partial charge in [0.2, 0.25) is 11.4 Å². The fourth-order valence-corrected chi connectivity index (χ4v) is 4.79. The standard InChI is InChI=1S/C23H21ClN2O3S/c1-3-25-18-14-16(24)8-10-20(18)30-22(25)6-4-5-21-26(12-11-23(27)28)17-13-15(2)7-9-19(17)29-21/h4-10,13-14H,3,11-12H2,1-2H3. The molecule has 0 bridgehead atoms. The van der Waals surface area contributed by atoms with Crippen LogP contribution in [0, 0.1) is 6.92 Å². The van der Waals surface area contributed by atoms with Crippen LogP contribution in [0.2, 0.25) is 5.02 Å². The van der Waals surface area contributed by atoms with Gasteiger partial charge in [-0.2, -0.15) is 4.57 Å². The van der Waals surface area contributed by atoms with E-state index in [-0.39, 0.29) is 13.0 Å². The number of hydrogen-bond donors (Lipinski definition) is 0. The Hall–Kier alpha value is -2.83. The van der Waals surface area contributed by atoms with Crippen LogP contribution < -0.4 is 19.3 Å². The molecule has 30 heavy (non-hydrogen) atoms. The summed E-state index contributed by atoms with van der Waals surface area (Å²) in [6, 6.07) is 11.8. The van der Waals surface area contributed by atoms with Crippen LogP contribution in [0.15, 0.2) is 54.4 Å². The van der Waals surface area contributed by atoms with Gasteiger partial charge in [-0.25, -0.2) is 0 Å². The van der Waals surface area contributed by atoms with Gasteiger partial charge in [-0.15, -0.1) is 0 Å². The second-order valence-corrected chi connectivity index (χ2v) is 8.51. The number of carboxylic acids is 1. The number of carbonyl (C=O) groups excluding carboxylic acids is 1. The number of nitrogens with zero attached hydrogens (tertiary/aromatic N) is 2. The molecule has 0 atom stereocenters. The Balaban J connectivity index is 1.64. The zero-order valence-electron chi connectivity index (χ0n) is 16.7. The van der Waals surface area contributed by atoms with Crippen molar-refractivity contribution in [1.82, 2.24) is 0 Å². The number of ether oxygens (including phenoxy) is 1. The highest BCUT2D eigenvalue weighted by atomic mass is 35.5. The molecule has 0 unspecified atom stereocenters. The second kappa shape index (κ2) is 8.50. The zero-order valence-corrected chi connectivity index (χ0v) is 18.3. The predicted molar refractivity (Wildman–Crippen MR) is 119 cm³/mol. The average Bonchev–Trinajstić information content (AvgIpc) is 3.22. The van der Waals surface area contributed by atoms with E-state index in [1.165, 1.54) is 4.70 Å². The molecule has 2 aromatic carbocycles. The van der Waals surface area contributed by atoms with Crippen LogP contribution in [-0.2, 0) is 11.3 Å². The minimum absolute atomic E-state index is 0.0787. The normalized spacial score (nSPS) is 14.6. The maximum Gasteiger partial charge on any atom is 0.262 e. The van der Waals surface area contributed by atoms with E-state index in [2.05, 4.69) is 11.5 Å². The smallest absolute Gasteiger partial charge is 0.262 e. The lowest BCUT2D eigenvalue weighted by atomic mass is 10.2. The molecule has 1 aromatic heterocycles. The summed E-state index contributed by atoms with van der Waals surface area (Å²) >= 11 is 7.86. The molecule has 1 aliphatic rings. The molecule has 154 valence electrons. The summed E-state index contributed by atoms with van der Waals surface area (Å²) in [6.45, 7) is 5.21. The number of benzene rings is 2. The Bertz CT molecular complexity index is 1180. The number of hydrogen-bond acceptors (Lipinski definition) is 5. The Morgan fingerprint density at radius 1 is 1.30 bits per heavy atom. The number of rotatable bonds is 6. The van der Waals surface area contributed by atoms with Gasteiger partial charge in [0, 0.05) is 36.1 Å². The van der Waals surface area contributed by atoms with Crippen LogP contribution in [0.4, 0.5) is 5.69 Å². The number of aliphatic carboxylic acids is 1. The van der Waals surface area contributed by atoms with Gasteiger partial charge in [0.15, 0.2) is 5.75 Å². The highest BCUT2D eigenvalue weighted by molar-refractivity contribution is 7.18. The van der Waals surface area contributed by atoms with E-state index in [4.69, 9.17) is 16.3 Å². The van der Waals surface area contributed by atoms with E-state index >= 15 is 0 Å². The Morgan fingerprint density at radius 2 is 2.13 bits per heavy atom. The van der Waals surface area contributed by atoms with Crippen LogP contribution >= 0.6 is 22.9 Å². The molecule has 0 saturated carbocycles. The van der Waals surface area contributed by atoms with Gasteiger partial charge in [0.1, 0.15) is 11.2 Å². The summed E-state index contributed by atoms with van der Waals surface area (Å²) in [7, 11) is 0. The molecule has 3 aromatic rings. The SMILES string of the molecule is CC[n+]1c(C=CC=C2Oc3ccc(C)cc3N2CCC(=O)[O-])sc2ccc(Cl)cc21. The van der Waals surface area contributed by atoms with Crippen molar-refractivity contribution in [1.29, 1.82) is 0 Å². The quantitative estimate of drug-likeness (QED) is 0.542. The summed E-state index contributed by atoms with van der Waals surface area (Å²) in [5.41, 5.74) is 3.06. The Morgan fingerprint density at radius 3 is 2.90 bits per heavy atom. The summed E-state index contributed by atoms with van der Waals surface area (Å²) in [5, 5.41) is 12.8. The lowest BCUT2D eigenvalue weighted by Gasteiger charge is -2.18. The highest BCUT2D eigenvalue weighted by Crippen LogP contribution is 2.39. The predicted octanol–water partition coefficient (Wildman–Crippen LogP) is 4.06. The van der Waals surface area contributed by atoms with Crippen LogP contribution in [0.25, 0.3) is 16.3 Å². The minimum Gasteiger partial charge on any atom is -0.550 e. The van der Waals surface area contributed by atoms with Crippen LogP contribution in [-0.4, -0.2) is 12.5 Å². The first-order valence-electron chi connectivity index (χ1n) is 9.72. The maximum absolute atomic E-state index is 11.0. The molecule has 2 heterocycles. The maximum atomic E-state index is 11.0. The van der Waals surface area contributed by atoms with Gasteiger partial charge in [-0.3, -0.25) is 0 Å². The number of fused-ring (bicyclic) bond motifs is 2. The van der Waals surface area contributed by atoms with Gasteiger partial charge in [0.05, 0.1) is 5.69 Å². The molecule has 5 nitrogen and oxygen atoms in total. The molecule has 4 rings (SSSR count). The molecule has 7 heteroatoms. The Kier molecular flexibility index (Phi) is 5.79. The molecule has 0 radical (unpaired) electrons. The van der Waals surface area contributed by atoms with E-state index in [1.54, 1.807) is 11.3 Å². The molecule has 0 spiro atoms. The van der Waals surface area contributed by atoms with Crippen molar-refractivity contribution in [3.63, 3.8) is 0 Å². The van der Waals surface area contributed by atoms with Crippen molar-refractivity contribution in [2.75, 3.05) is 11.4 Å². The number of aryl methyl sites for hydroxylation is 2. The molecular weight excluding hydrogens is 420 g/mol. The van der Waals surface area contributed by atoms with E-state index < -0.39 is 5.97 Å². The van der Waals surface area contributed by atoms with E-state index in [1.807, 2.05) is 66.4 Å². The number of aromatic nitrogens is 1. The highest BCUT2D eigenvalue weighted by Gasteiger charge is 2.25. The lowest BCUT2D eigenvalue weighted by molar-refractivity contribution is -0.665. The number of carbonyl (C=O) groups is 1. The minimum atomic E-state index is -1.08. The third-order valence-electron chi connectivity index (χ3n) is 4.91. The summed E-state index contributed by atoms with van der Waals surface area (Å²) in [4.78, 5) is 12.9. The monoisotopic (exact) mass is 440 g/mol. The topological polar surface area (TPSA) is 56.5 Å². The van der Waals surface area contributed by atoms with E-state index in [0.717, 1.165) is 39.1 Å². The van der Waals surface area contributed by atoms with Crippen LogP contribution in [0.3, 0.4) is 0 Å². The van der Waals surface area contributed by atoms with E-state index in [0.29, 0.717) is 5.88 Å². The Labute approximate surface area is 184 Å². The molecule has 0 amide bonds. The molecule has 0 saturated heterocycles. The van der Waals surface area contributed by atoms with Gasteiger partial charge >= 0.3 is 0 Å². The third-order valence-corrected chi connectivity index (χ3v) is 6.28. The first-order valence-corrected chi connectivity index (χ1v) is 10.9. The third kappa shape index (κ3) is 4.06. The fourth-order valence-electron chi connectivity index (χ4n) is 3.51. The van der Waals surface area contributed by atoms with Crippen LogP contribution in [0.5, 0.6) is 5.75 Å². The van der Waals surface area contributed by atoms with Crippen molar-refractivity contribution in [2.45, 2.75) is 26.8 Å². The summed E-state index contributed by atoms with van der Waals surface area (Å²) in [5.74, 6) is 0.234. The van der Waals surface area contributed by atoms with E-state index in [9.17, 15) is 9.90 Å². The molecule has 1 aliphatic heterocycles. The van der Waals surface area contributed by atoms with Gasteiger partial charge in [0.25, 0.3) is 5.01 Å². The second-order valence-electron chi connectivity index (χ2n) is 7.01. The zero-order chi connectivity index (χ0) is 21.3. The average molecular weight is 441 g/mol. The number of carboxylic acid groups (broad SMARTS) is 1. The molecular formula is C23H21ClN2O3S. The van der Waals surface area contributed by atoms with Crippen molar-refractivity contribution in [3.05, 3.63) is 70.0 Å². The fraction of sp³-hybridized carbons (Fsp3) is 0.217. The number of thiazole rings is 1. The molecule has 0 fully saturated rings. The van der Waals surface area contributed by atoms with Gasteiger partial charge < -0.3 is 19.5 Å². The number of allylic oxidation sites excluding steroid dienone is 2. The van der Waals surface area contributed by atoms with Crippen molar-refractivity contribution in [3.8, 4) is 5.75 Å². The number of halogens is 1. The summed E-state index contributed by atoms with van der Waals surface area (Å²) < 4.78 is 9.36. The molecule has 0 N–H and O–H groups in total. The van der Waals surface area contributed by atoms with Crippen LogP contribution in [0.1, 0.15) is 23.9 Å².